The zero-order chi connectivity index (χ0) is 28.7. The molecule has 0 unspecified atom stereocenters. The molecular formula is C36H32N4O2. The van der Waals surface area contributed by atoms with Gasteiger partial charge < -0.3 is 14.7 Å². The highest BCUT2D eigenvalue weighted by Crippen LogP contribution is 2.20. The molecule has 0 amide bonds. The predicted octanol–water partition coefficient (Wildman–Crippen LogP) is 8.38. The highest BCUT2D eigenvalue weighted by atomic mass is 16.5. The van der Waals surface area contributed by atoms with Crippen molar-refractivity contribution in [1.82, 2.24) is 19.9 Å². The Morgan fingerprint density at radius 2 is 1.21 bits per heavy atom. The molecular weight excluding hydrogens is 520 g/mol. The first-order chi connectivity index (χ1) is 20.6. The van der Waals surface area contributed by atoms with E-state index >= 15 is 0 Å². The van der Waals surface area contributed by atoms with Crippen LogP contribution in [0.3, 0.4) is 0 Å². The van der Waals surface area contributed by atoms with Crippen molar-refractivity contribution in [3.8, 4) is 0 Å². The van der Waals surface area contributed by atoms with E-state index in [0.717, 1.165) is 57.7 Å². The van der Waals surface area contributed by atoms with Crippen molar-refractivity contribution in [2.24, 2.45) is 0 Å². The lowest BCUT2D eigenvalue weighted by molar-refractivity contribution is -0.143. The summed E-state index contributed by atoms with van der Waals surface area (Å²) in [5, 5.41) is 2.54. The maximum atomic E-state index is 11.3. The quantitative estimate of drug-likeness (QED) is 0.210. The van der Waals surface area contributed by atoms with Gasteiger partial charge in [0.15, 0.2) is 0 Å². The summed E-state index contributed by atoms with van der Waals surface area (Å²) in [4.78, 5) is 27.3. The Morgan fingerprint density at radius 1 is 0.667 bits per heavy atom. The Kier molecular flexibility index (Phi) is 8.04. The highest BCUT2D eigenvalue weighted by molar-refractivity contribution is 5.85. The van der Waals surface area contributed by atoms with E-state index in [9.17, 15) is 4.79 Å². The third-order valence-electron chi connectivity index (χ3n) is 7.05. The number of carbonyl (C=O) groups is 1. The lowest BCUT2D eigenvalue weighted by atomic mass is 10.0. The number of rotatable bonds is 5. The molecule has 5 aromatic rings. The molecule has 8 bridgehead atoms. The van der Waals surface area contributed by atoms with Gasteiger partial charge in [-0.25, -0.2) is 9.97 Å². The Bertz CT molecular complexity index is 1870. The number of carbonyl (C=O) groups excluding carboxylic acids is 1. The Balaban J connectivity index is 0.000000158. The Hall–Kier alpha value is -5.23. The van der Waals surface area contributed by atoms with E-state index in [1.807, 2.05) is 55.5 Å². The van der Waals surface area contributed by atoms with Gasteiger partial charge in [0.25, 0.3) is 0 Å². The average molecular weight is 553 g/mol. The molecule has 5 heterocycles. The minimum atomic E-state index is -0.0993. The molecule has 0 atom stereocenters. The smallest absolute Gasteiger partial charge is 0.305 e. The normalized spacial score (nSPS) is 11.7. The van der Waals surface area contributed by atoms with Crippen LogP contribution in [-0.4, -0.2) is 32.5 Å². The van der Waals surface area contributed by atoms with Crippen LogP contribution in [0.2, 0.25) is 0 Å². The molecule has 6 heteroatoms. The number of aryl methyl sites for hydroxylation is 1. The van der Waals surface area contributed by atoms with Crippen molar-refractivity contribution < 1.29 is 9.53 Å². The molecule has 2 aromatic carbocycles. The van der Waals surface area contributed by atoms with Crippen LogP contribution >= 0.6 is 0 Å². The van der Waals surface area contributed by atoms with Crippen LogP contribution in [0.15, 0.2) is 91.0 Å². The van der Waals surface area contributed by atoms with Crippen LogP contribution in [0.5, 0.6) is 0 Å². The summed E-state index contributed by atoms with van der Waals surface area (Å²) >= 11 is 0. The number of ether oxygens (including phenoxy) is 1. The minimum absolute atomic E-state index is 0.0993. The monoisotopic (exact) mass is 552 g/mol. The lowest BCUT2D eigenvalue weighted by Crippen LogP contribution is -2.04. The van der Waals surface area contributed by atoms with Crippen LogP contribution in [0.1, 0.15) is 48.1 Å². The second-order valence-corrected chi connectivity index (χ2v) is 10.2. The maximum Gasteiger partial charge on any atom is 0.305 e. The van der Waals surface area contributed by atoms with Gasteiger partial charge in [-0.1, -0.05) is 42.5 Å². The number of nitrogens with one attached hydrogen (secondary N) is 2. The van der Waals surface area contributed by atoms with E-state index in [0.29, 0.717) is 13.0 Å². The molecule has 2 aliphatic heterocycles. The minimum Gasteiger partial charge on any atom is -0.466 e. The Labute approximate surface area is 244 Å². The molecule has 2 N–H and O–H groups in total. The maximum absolute atomic E-state index is 11.3. The molecule has 6 nitrogen and oxygen atoms in total. The van der Waals surface area contributed by atoms with Gasteiger partial charge >= 0.3 is 5.97 Å². The largest absolute Gasteiger partial charge is 0.466 e. The van der Waals surface area contributed by atoms with Gasteiger partial charge in [0.05, 0.1) is 29.4 Å². The summed E-state index contributed by atoms with van der Waals surface area (Å²) < 4.78 is 4.93. The first-order valence-corrected chi connectivity index (χ1v) is 14.3. The van der Waals surface area contributed by atoms with Gasteiger partial charge in [-0.05, 0) is 109 Å². The molecule has 0 spiro atoms. The number of fused-ring (bicyclic) bond motifs is 9. The number of hydrogen-bond donors (Lipinski definition) is 2. The van der Waals surface area contributed by atoms with Crippen molar-refractivity contribution in [1.29, 1.82) is 0 Å². The fourth-order valence-corrected chi connectivity index (χ4v) is 5.11. The van der Waals surface area contributed by atoms with Gasteiger partial charge in [-0.15, -0.1) is 0 Å². The number of nitrogens with zero attached hydrogens (tertiary/aromatic N) is 2. The van der Waals surface area contributed by atoms with Crippen LogP contribution in [0, 0.1) is 0 Å². The first-order valence-electron chi connectivity index (χ1n) is 14.3. The van der Waals surface area contributed by atoms with E-state index in [4.69, 9.17) is 4.74 Å². The zero-order valence-corrected chi connectivity index (χ0v) is 23.5. The van der Waals surface area contributed by atoms with Crippen molar-refractivity contribution in [2.75, 3.05) is 6.61 Å². The van der Waals surface area contributed by atoms with Gasteiger partial charge in [-0.2, -0.15) is 0 Å². The van der Waals surface area contributed by atoms with Crippen LogP contribution in [0.4, 0.5) is 0 Å². The number of hydrogen-bond acceptors (Lipinski definition) is 4. The number of esters is 1. The summed E-state index contributed by atoms with van der Waals surface area (Å²) in [6.45, 7) is 2.30. The van der Waals surface area contributed by atoms with E-state index < -0.39 is 0 Å². The Morgan fingerprint density at radius 3 is 1.83 bits per heavy atom. The molecule has 208 valence electrons. The standard InChI is InChI=1S/C20H14N4.C16H18O2/c1-2-14-10-16-5-6-18(23-16)12-20-8-7-19(24-20)11-17-4-3-15(22-17)9-13(1)21-14;1-2-18-16(17)12-6-10-14-9-5-8-13-7-3-4-11-15(13)14/h1-12,21-22H;3-5,7-9,11H,2,6,10,12H2,1H3. The molecule has 7 rings (SSSR count). The van der Waals surface area contributed by atoms with E-state index in [1.165, 1.54) is 16.3 Å². The fourth-order valence-electron chi connectivity index (χ4n) is 5.11. The zero-order valence-electron chi connectivity index (χ0n) is 23.5. The summed E-state index contributed by atoms with van der Waals surface area (Å²) in [5.41, 5.74) is 9.16. The van der Waals surface area contributed by atoms with Gasteiger partial charge in [-0.3, -0.25) is 4.79 Å². The first kappa shape index (κ1) is 27.0. The van der Waals surface area contributed by atoms with Gasteiger partial charge in [0.2, 0.25) is 0 Å². The molecule has 3 aromatic heterocycles. The van der Waals surface area contributed by atoms with Crippen LogP contribution in [0.25, 0.3) is 57.1 Å². The van der Waals surface area contributed by atoms with E-state index in [2.05, 4.69) is 86.7 Å². The molecule has 0 fully saturated rings. The molecule has 2 aliphatic rings. The van der Waals surface area contributed by atoms with Crippen molar-refractivity contribution in [3.05, 3.63) is 119 Å². The van der Waals surface area contributed by atoms with E-state index in [1.54, 1.807) is 0 Å². The molecule has 0 radical (unpaired) electrons. The van der Waals surface area contributed by atoms with Gasteiger partial charge in [0.1, 0.15) is 0 Å². The summed E-state index contributed by atoms with van der Waals surface area (Å²) in [6.07, 6.45) is 10.3. The van der Waals surface area contributed by atoms with Crippen molar-refractivity contribution >= 4 is 63.1 Å². The lowest BCUT2D eigenvalue weighted by Gasteiger charge is -2.06. The molecule has 0 saturated heterocycles. The predicted molar refractivity (Wildman–Crippen MR) is 172 cm³/mol. The SMILES string of the molecule is C1=Cc2cc3ccc(cc4ccc(cc5nc(cc1n2)C=C5)[nH]4)[nH]3.CCOC(=O)CCCc1cccc2ccccc12. The molecule has 0 saturated carbocycles. The fraction of sp³-hybridized carbons (Fsp3) is 0.139. The van der Waals surface area contributed by atoms with Gasteiger partial charge in [0, 0.05) is 28.5 Å². The van der Waals surface area contributed by atoms with Crippen molar-refractivity contribution in [2.45, 2.75) is 26.2 Å². The van der Waals surface area contributed by atoms with Crippen LogP contribution < -0.4 is 0 Å². The number of benzene rings is 2. The number of H-pyrrole nitrogens is 2. The molecule has 42 heavy (non-hydrogen) atoms. The van der Waals surface area contributed by atoms with Crippen LogP contribution in [-0.2, 0) is 16.0 Å². The second kappa shape index (κ2) is 12.5. The average Bonchev–Trinajstić information content (AvgIpc) is 3.80. The third kappa shape index (κ3) is 6.73. The topological polar surface area (TPSA) is 83.7 Å². The summed E-state index contributed by atoms with van der Waals surface area (Å²) in [7, 11) is 0. The number of aromatic amines is 2. The second-order valence-electron chi connectivity index (χ2n) is 10.2. The number of aromatic nitrogens is 4. The van der Waals surface area contributed by atoms with E-state index in [-0.39, 0.29) is 5.97 Å². The highest BCUT2D eigenvalue weighted by Gasteiger charge is 2.05. The summed E-state index contributed by atoms with van der Waals surface area (Å²) in [5.74, 6) is -0.0993. The van der Waals surface area contributed by atoms with Crippen molar-refractivity contribution in [3.63, 3.8) is 0 Å². The summed E-state index contributed by atoms with van der Waals surface area (Å²) in [6, 6.07) is 31.1. The third-order valence-corrected chi connectivity index (χ3v) is 7.05. The molecule has 0 aliphatic carbocycles.